The first-order chi connectivity index (χ1) is 8.87. The van der Waals surface area contributed by atoms with E-state index < -0.39 is 22.4 Å². The number of para-hydroxylation sites is 1. The predicted octanol–water partition coefficient (Wildman–Crippen LogP) is 2.72. The van der Waals surface area contributed by atoms with Gasteiger partial charge in [0.25, 0.3) is 0 Å². The van der Waals surface area contributed by atoms with Gasteiger partial charge < -0.3 is 15.4 Å². The van der Waals surface area contributed by atoms with Gasteiger partial charge in [-0.05, 0) is 12.1 Å². The van der Waals surface area contributed by atoms with Crippen molar-refractivity contribution in [1.82, 2.24) is 5.32 Å². The summed E-state index contributed by atoms with van der Waals surface area (Å²) in [7, 11) is 0. The number of hydrogen-bond donors (Lipinski definition) is 2. The van der Waals surface area contributed by atoms with Crippen LogP contribution in [-0.2, 0) is 9.53 Å². The summed E-state index contributed by atoms with van der Waals surface area (Å²) in [5, 5.41) is 4.81. The molecular formula is C11H11Cl3N2O3. The average Bonchev–Trinajstić information content (AvgIpc) is 2.34. The van der Waals surface area contributed by atoms with E-state index in [1.54, 1.807) is 24.3 Å². The monoisotopic (exact) mass is 324 g/mol. The van der Waals surface area contributed by atoms with Crippen LogP contribution in [0.2, 0.25) is 0 Å². The van der Waals surface area contributed by atoms with Crippen molar-refractivity contribution in [3.05, 3.63) is 30.3 Å². The third-order valence-electron chi connectivity index (χ3n) is 1.82. The number of carbonyl (C=O) groups excluding carboxylic acids is 2. The molecule has 0 saturated carbocycles. The fraction of sp³-hybridized carbons (Fsp3) is 0.273. The van der Waals surface area contributed by atoms with E-state index in [1.807, 2.05) is 6.07 Å². The van der Waals surface area contributed by atoms with Crippen molar-refractivity contribution in [2.75, 3.05) is 18.5 Å². The molecule has 8 heteroatoms. The van der Waals surface area contributed by atoms with Crippen molar-refractivity contribution >= 4 is 52.5 Å². The Morgan fingerprint density at radius 2 is 1.79 bits per heavy atom. The Hall–Kier alpha value is -1.17. The second-order valence-corrected chi connectivity index (χ2v) is 5.98. The highest BCUT2D eigenvalue weighted by Gasteiger charge is 2.22. The van der Waals surface area contributed by atoms with Gasteiger partial charge in [0, 0.05) is 5.69 Å². The molecule has 0 spiro atoms. The Morgan fingerprint density at radius 3 is 2.37 bits per heavy atom. The van der Waals surface area contributed by atoms with E-state index in [9.17, 15) is 9.59 Å². The molecule has 0 aliphatic rings. The number of benzene rings is 1. The molecule has 2 N–H and O–H groups in total. The maximum atomic E-state index is 11.5. The first-order valence-corrected chi connectivity index (χ1v) is 6.32. The molecular weight excluding hydrogens is 314 g/mol. The van der Waals surface area contributed by atoms with E-state index in [0.29, 0.717) is 5.69 Å². The van der Waals surface area contributed by atoms with Crippen LogP contribution in [0.4, 0.5) is 10.5 Å². The third kappa shape index (κ3) is 7.77. The maximum absolute atomic E-state index is 11.5. The Kier molecular flexibility index (Phi) is 6.21. The minimum Gasteiger partial charge on any atom is -0.445 e. The summed E-state index contributed by atoms with van der Waals surface area (Å²) in [6.45, 7) is -0.641. The molecule has 0 bridgehead atoms. The molecule has 0 aliphatic heterocycles. The predicted molar refractivity (Wildman–Crippen MR) is 74.7 cm³/mol. The molecule has 1 aromatic carbocycles. The molecule has 0 fully saturated rings. The fourth-order valence-electron chi connectivity index (χ4n) is 1.08. The summed E-state index contributed by atoms with van der Waals surface area (Å²) >= 11 is 16.2. The standard InChI is InChI=1S/C11H11Cl3N2O3/c12-11(13,14)7-19-10(18)15-6-9(17)16-8-4-2-1-3-5-8/h1-5H,6-7H2,(H,15,18)(H,16,17). The zero-order valence-corrected chi connectivity index (χ0v) is 11.9. The van der Waals surface area contributed by atoms with E-state index >= 15 is 0 Å². The normalized spacial score (nSPS) is 10.7. The van der Waals surface area contributed by atoms with E-state index in [1.165, 1.54) is 0 Å². The number of alkyl carbamates (subject to hydrolysis) is 1. The Labute approximate surface area is 125 Å². The lowest BCUT2D eigenvalue weighted by Crippen LogP contribution is -2.34. The SMILES string of the molecule is O=C(CNC(=O)OCC(Cl)(Cl)Cl)Nc1ccccc1. The average molecular weight is 326 g/mol. The van der Waals surface area contributed by atoms with Crippen molar-refractivity contribution in [1.29, 1.82) is 0 Å². The van der Waals surface area contributed by atoms with Crippen molar-refractivity contribution in [3.8, 4) is 0 Å². The van der Waals surface area contributed by atoms with Gasteiger partial charge in [0.05, 0.1) is 0 Å². The number of alkyl halides is 3. The second kappa shape index (κ2) is 7.43. The molecule has 1 rings (SSSR count). The number of nitrogens with one attached hydrogen (secondary N) is 2. The Balaban J connectivity index is 2.25. The first kappa shape index (κ1) is 15.9. The van der Waals surface area contributed by atoms with Gasteiger partial charge in [-0.1, -0.05) is 53.0 Å². The van der Waals surface area contributed by atoms with Crippen LogP contribution in [0.5, 0.6) is 0 Å². The lowest BCUT2D eigenvalue weighted by molar-refractivity contribution is -0.115. The summed E-state index contributed by atoms with van der Waals surface area (Å²) < 4.78 is 2.90. The topological polar surface area (TPSA) is 67.4 Å². The second-order valence-electron chi connectivity index (χ2n) is 3.46. The number of rotatable bonds is 4. The van der Waals surface area contributed by atoms with Crippen LogP contribution in [0, 0.1) is 0 Å². The van der Waals surface area contributed by atoms with Gasteiger partial charge in [0.1, 0.15) is 13.2 Å². The van der Waals surface area contributed by atoms with Crippen molar-refractivity contribution in [2.45, 2.75) is 3.79 Å². The largest absolute Gasteiger partial charge is 0.445 e. The maximum Gasteiger partial charge on any atom is 0.407 e. The lowest BCUT2D eigenvalue weighted by Gasteiger charge is -2.12. The molecule has 0 aromatic heterocycles. The van der Waals surface area contributed by atoms with Crippen molar-refractivity contribution in [3.63, 3.8) is 0 Å². The number of halogens is 3. The van der Waals surface area contributed by atoms with Crippen LogP contribution < -0.4 is 10.6 Å². The Bertz CT molecular complexity index is 435. The van der Waals surface area contributed by atoms with Gasteiger partial charge >= 0.3 is 6.09 Å². The molecule has 104 valence electrons. The number of amides is 2. The molecule has 0 heterocycles. The van der Waals surface area contributed by atoms with Gasteiger partial charge in [-0.25, -0.2) is 4.79 Å². The highest BCUT2D eigenvalue weighted by Crippen LogP contribution is 2.25. The summed E-state index contributed by atoms with van der Waals surface area (Å²) in [5.41, 5.74) is 0.629. The molecule has 0 aliphatic carbocycles. The first-order valence-electron chi connectivity index (χ1n) is 5.19. The van der Waals surface area contributed by atoms with Crippen LogP contribution in [0.3, 0.4) is 0 Å². The number of anilines is 1. The molecule has 0 unspecified atom stereocenters. The van der Waals surface area contributed by atoms with E-state index in [-0.39, 0.29) is 6.54 Å². The molecule has 0 radical (unpaired) electrons. The number of carbonyl (C=O) groups is 2. The van der Waals surface area contributed by atoms with Crippen LogP contribution >= 0.6 is 34.8 Å². The summed E-state index contributed by atoms with van der Waals surface area (Å²) in [4.78, 5) is 22.6. The molecule has 5 nitrogen and oxygen atoms in total. The summed E-state index contributed by atoms with van der Waals surface area (Å²) in [6, 6.07) is 8.82. The van der Waals surface area contributed by atoms with Crippen LogP contribution in [0.15, 0.2) is 30.3 Å². The van der Waals surface area contributed by atoms with Gasteiger partial charge in [-0.15, -0.1) is 0 Å². The van der Waals surface area contributed by atoms with E-state index in [0.717, 1.165) is 0 Å². The van der Waals surface area contributed by atoms with Crippen LogP contribution in [-0.4, -0.2) is 28.9 Å². The summed E-state index contributed by atoms with van der Waals surface area (Å²) in [5.74, 6) is -0.392. The smallest absolute Gasteiger partial charge is 0.407 e. The van der Waals surface area contributed by atoms with Gasteiger partial charge in [0.15, 0.2) is 0 Å². The van der Waals surface area contributed by atoms with Gasteiger partial charge in [0.2, 0.25) is 9.70 Å². The molecule has 0 saturated heterocycles. The zero-order valence-electron chi connectivity index (χ0n) is 9.66. The van der Waals surface area contributed by atoms with E-state index in [2.05, 4.69) is 15.4 Å². The van der Waals surface area contributed by atoms with Crippen LogP contribution in [0.25, 0.3) is 0 Å². The quantitative estimate of drug-likeness (QED) is 0.836. The lowest BCUT2D eigenvalue weighted by atomic mass is 10.3. The van der Waals surface area contributed by atoms with E-state index in [4.69, 9.17) is 34.8 Å². The number of ether oxygens (including phenoxy) is 1. The minimum absolute atomic E-state index is 0.242. The van der Waals surface area contributed by atoms with Crippen molar-refractivity contribution < 1.29 is 14.3 Å². The minimum atomic E-state index is -1.68. The number of hydrogen-bond acceptors (Lipinski definition) is 3. The highest BCUT2D eigenvalue weighted by atomic mass is 35.6. The zero-order chi connectivity index (χ0) is 14.3. The fourth-order valence-corrected chi connectivity index (χ4v) is 1.24. The van der Waals surface area contributed by atoms with Gasteiger partial charge in [-0.3, -0.25) is 4.79 Å². The molecule has 19 heavy (non-hydrogen) atoms. The third-order valence-corrected chi connectivity index (χ3v) is 2.15. The van der Waals surface area contributed by atoms with Gasteiger partial charge in [-0.2, -0.15) is 0 Å². The summed E-state index contributed by atoms with van der Waals surface area (Å²) in [6.07, 6.45) is -0.838. The van der Waals surface area contributed by atoms with Crippen LogP contribution in [0.1, 0.15) is 0 Å². The molecule has 2 amide bonds. The highest BCUT2D eigenvalue weighted by molar-refractivity contribution is 6.67. The van der Waals surface area contributed by atoms with Crippen molar-refractivity contribution in [2.24, 2.45) is 0 Å². The molecule has 1 aromatic rings. The Morgan fingerprint density at radius 1 is 1.16 bits per heavy atom. The molecule has 0 atom stereocenters.